The first-order valence-corrected chi connectivity index (χ1v) is 10.3. The highest BCUT2D eigenvalue weighted by Gasteiger charge is 2.36. The van der Waals surface area contributed by atoms with Crippen molar-refractivity contribution >= 4 is 23.6 Å². The van der Waals surface area contributed by atoms with Crippen LogP contribution in [-0.4, -0.2) is 13.1 Å². The van der Waals surface area contributed by atoms with Gasteiger partial charge in [-0.05, 0) is 76.6 Å². The van der Waals surface area contributed by atoms with Crippen LogP contribution in [0.5, 0.6) is 0 Å². The second-order valence-corrected chi connectivity index (χ2v) is 9.51. The summed E-state index contributed by atoms with van der Waals surface area (Å²) in [5.74, 6) is -0.218. The number of rotatable bonds is 5. The third-order valence-electron chi connectivity index (χ3n) is 5.64. The van der Waals surface area contributed by atoms with Crippen molar-refractivity contribution in [2.45, 2.75) is 62.7 Å². The van der Waals surface area contributed by atoms with Crippen LogP contribution < -0.4 is 4.72 Å². The second-order valence-electron chi connectivity index (χ2n) is 8.63. The molecule has 0 heterocycles. The maximum Gasteiger partial charge on any atom is 0.309 e. The van der Waals surface area contributed by atoms with Gasteiger partial charge in [0, 0.05) is 10.6 Å². The number of hydrogen-bond donors (Lipinski definition) is 1. The minimum absolute atomic E-state index is 0.218. The molecule has 144 valence electrons. The van der Waals surface area contributed by atoms with Crippen LogP contribution in [0.15, 0.2) is 47.4 Å². The van der Waals surface area contributed by atoms with Gasteiger partial charge in [0.15, 0.2) is 0 Å². The van der Waals surface area contributed by atoms with E-state index < -0.39 is 0 Å². The van der Waals surface area contributed by atoms with Crippen LogP contribution in [0.1, 0.15) is 57.2 Å². The summed E-state index contributed by atoms with van der Waals surface area (Å²) in [4.78, 5) is 12.6. The largest absolute Gasteiger partial charge is 0.469 e. The molecule has 1 N–H and O–H groups in total. The molecule has 0 spiro atoms. The standard InChI is InChI=1S/C23H29NO2S/c1-22(2)12-13-23(3,4)20-15-18(10-11-19(20)22)27-24-17-8-6-16(7-9-17)14-21(25)26-5/h6-11,15,24H,12-14H2,1-5H3. The fourth-order valence-corrected chi connectivity index (χ4v) is 4.36. The Labute approximate surface area is 167 Å². The van der Waals surface area contributed by atoms with E-state index in [2.05, 4.69) is 50.6 Å². The molecule has 0 radical (unpaired) electrons. The van der Waals surface area contributed by atoms with Crippen LogP contribution in [0.4, 0.5) is 5.69 Å². The van der Waals surface area contributed by atoms with Gasteiger partial charge < -0.3 is 9.46 Å². The smallest absolute Gasteiger partial charge is 0.309 e. The average Bonchev–Trinajstić information content (AvgIpc) is 2.65. The summed E-state index contributed by atoms with van der Waals surface area (Å²) in [6, 6.07) is 14.8. The van der Waals surface area contributed by atoms with Crippen molar-refractivity contribution in [2.24, 2.45) is 0 Å². The van der Waals surface area contributed by atoms with Gasteiger partial charge in [-0.25, -0.2) is 0 Å². The van der Waals surface area contributed by atoms with E-state index in [0.717, 1.165) is 11.3 Å². The predicted molar refractivity (Wildman–Crippen MR) is 113 cm³/mol. The average molecular weight is 384 g/mol. The Morgan fingerprint density at radius 1 is 1.00 bits per heavy atom. The predicted octanol–water partition coefficient (Wildman–Crippen LogP) is 5.87. The number of nitrogens with one attached hydrogen (secondary N) is 1. The number of methoxy groups -OCH3 is 1. The highest BCUT2D eigenvalue weighted by Crippen LogP contribution is 2.46. The molecule has 2 aromatic rings. The number of benzene rings is 2. The zero-order valence-electron chi connectivity index (χ0n) is 16.9. The normalized spacial score (nSPS) is 17.1. The molecule has 1 aliphatic carbocycles. The summed E-state index contributed by atoms with van der Waals surface area (Å²) in [6.07, 6.45) is 2.76. The minimum Gasteiger partial charge on any atom is -0.469 e. The van der Waals surface area contributed by atoms with E-state index in [4.69, 9.17) is 4.74 Å². The Kier molecular flexibility index (Phi) is 5.57. The van der Waals surface area contributed by atoms with Gasteiger partial charge >= 0.3 is 5.97 Å². The van der Waals surface area contributed by atoms with Crippen molar-refractivity contribution in [1.29, 1.82) is 0 Å². The lowest BCUT2D eigenvalue weighted by Gasteiger charge is -2.42. The van der Waals surface area contributed by atoms with E-state index in [1.807, 2.05) is 24.3 Å². The van der Waals surface area contributed by atoms with Crippen LogP contribution in [0, 0.1) is 0 Å². The monoisotopic (exact) mass is 383 g/mol. The molecule has 0 saturated carbocycles. The highest BCUT2D eigenvalue weighted by atomic mass is 32.2. The van der Waals surface area contributed by atoms with E-state index in [-0.39, 0.29) is 16.8 Å². The maximum absolute atomic E-state index is 11.4. The van der Waals surface area contributed by atoms with Crippen LogP contribution in [0.2, 0.25) is 0 Å². The molecule has 0 aromatic heterocycles. The molecule has 0 bridgehead atoms. The molecule has 4 heteroatoms. The van der Waals surface area contributed by atoms with Gasteiger partial charge in [0.05, 0.1) is 13.5 Å². The molecule has 0 amide bonds. The van der Waals surface area contributed by atoms with Crippen LogP contribution >= 0.6 is 11.9 Å². The number of hydrogen-bond acceptors (Lipinski definition) is 4. The van der Waals surface area contributed by atoms with Gasteiger partial charge in [-0.2, -0.15) is 0 Å². The molecule has 27 heavy (non-hydrogen) atoms. The highest BCUT2D eigenvalue weighted by molar-refractivity contribution is 8.00. The lowest BCUT2D eigenvalue weighted by Crippen LogP contribution is -2.33. The topological polar surface area (TPSA) is 38.3 Å². The lowest BCUT2D eigenvalue weighted by molar-refractivity contribution is -0.139. The van der Waals surface area contributed by atoms with Gasteiger partial charge in [-0.3, -0.25) is 4.79 Å². The zero-order chi connectivity index (χ0) is 19.7. The third kappa shape index (κ3) is 4.49. The van der Waals surface area contributed by atoms with E-state index in [1.54, 1.807) is 11.9 Å². The number of carbonyl (C=O) groups excluding carboxylic acids is 1. The molecule has 1 aliphatic rings. The third-order valence-corrected chi connectivity index (χ3v) is 6.47. The Hall–Kier alpha value is -1.94. The second kappa shape index (κ2) is 7.59. The van der Waals surface area contributed by atoms with Gasteiger partial charge in [-0.1, -0.05) is 45.9 Å². The van der Waals surface area contributed by atoms with Gasteiger partial charge in [0.2, 0.25) is 0 Å². The van der Waals surface area contributed by atoms with Crippen molar-refractivity contribution in [3.8, 4) is 0 Å². The number of carbonyl (C=O) groups is 1. The lowest BCUT2D eigenvalue weighted by atomic mass is 9.63. The van der Waals surface area contributed by atoms with Gasteiger partial charge in [0.25, 0.3) is 0 Å². The van der Waals surface area contributed by atoms with Crippen molar-refractivity contribution in [3.05, 3.63) is 59.2 Å². The van der Waals surface area contributed by atoms with Gasteiger partial charge in [0.1, 0.15) is 0 Å². The van der Waals surface area contributed by atoms with Gasteiger partial charge in [-0.15, -0.1) is 0 Å². The Balaban J connectivity index is 1.71. The van der Waals surface area contributed by atoms with E-state index >= 15 is 0 Å². The molecule has 2 aromatic carbocycles. The Morgan fingerprint density at radius 2 is 1.63 bits per heavy atom. The van der Waals surface area contributed by atoms with Crippen LogP contribution in [0.25, 0.3) is 0 Å². The summed E-state index contributed by atoms with van der Waals surface area (Å²) in [6.45, 7) is 9.40. The first kappa shape index (κ1) is 19.8. The SMILES string of the molecule is COC(=O)Cc1ccc(NSc2ccc3c(c2)C(C)(C)CCC3(C)C)cc1. The summed E-state index contributed by atoms with van der Waals surface area (Å²) < 4.78 is 8.12. The van der Waals surface area contributed by atoms with Crippen molar-refractivity contribution in [3.63, 3.8) is 0 Å². The minimum atomic E-state index is -0.218. The summed E-state index contributed by atoms with van der Waals surface area (Å²) in [7, 11) is 1.41. The van der Waals surface area contributed by atoms with Crippen molar-refractivity contribution in [2.75, 3.05) is 11.8 Å². The van der Waals surface area contributed by atoms with E-state index in [1.165, 1.54) is 36.0 Å². The Bertz CT molecular complexity index is 825. The molecule has 3 rings (SSSR count). The first-order valence-electron chi connectivity index (χ1n) is 9.45. The van der Waals surface area contributed by atoms with Crippen molar-refractivity contribution in [1.82, 2.24) is 0 Å². The number of ether oxygens (including phenoxy) is 1. The molecular weight excluding hydrogens is 354 g/mol. The molecular formula is C23H29NO2S. The molecule has 0 atom stereocenters. The first-order chi connectivity index (χ1) is 12.7. The van der Waals surface area contributed by atoms with E-state index in [9.17, 15) is 4.79 Å². The quantitative estimate of drug-likeness (QED) is 0.517. The molecule has 3 nitrogen and oxygen atoms in total. The van der Waals surface area contributed by atoms with Crippen LogP contribution in [0.3, 0.4) is 0 Å². The Morgan fingerprint density at radius 3 is 2.26 bits per heavy atom. The fourth-order valence-electron chi connectivity index (χ4n) is 3.68. The summed E-state index contributed by atoms with van der Waals surface area (Å²) in [5.41, 5.74) is 5.39. The molecule has 0 fully saturated rings. The molecule has 0 aliphatic heterocycles. The summed E-state index contributed by atoms with van der Waals surface area (Å²) in [5, 5.41) is 0. The summed E-state index contributed by atoms with van der Waals surface area (Å²) >= 11 is 1.63. The van der Waals surface area contributed by atoms with Crippen LogP contribution in [-0.2, 0) is 26.8 Å². The van der Waals surface area contributed by atoms with E-state index in [0.29, 0.717) is 6.42 Å². The number of esters is 1. The maximum atomic E-state index is 11.4. The fraction of sp³-hybridized carbons (Fsp3) is 0.435. The zero-order valence-corrected chi connectivity index (χ0v) is 17.7. The number of fused-ring (bicyclic) bond motifs is 1. The van der Waals surface area contributed by atoms with Crippen molar-refractivity contribution < 1.29 is 9.53 Å². The molecule has 0 saturated heterocycles. The molecule has 0 unspecified atom stereocenters. The number of anilines is 1.